The zero-order valence-corrected chi connectivity index (χ0v) is 10.7. The van der Waals surface area contributed by atoms with Crippen molar-refractivity contribution in [2.24, 2.45) is 0 Å². The van der Waals surface area contributed by atoms with Gasteiger partial charge in [-0.1, -0.05) is 11.6 Å². The molecule has 0 radical (unpaired) electrons. The van der Waals surface area contributed by atoms with Gasteiger partial charge in [-0.15, -0.1) is 11.8 Å². The van der Waals surface area contributed by atoms with E-state index in [1.54, 1.807) is 11.8 Å². The molecule has 16 heavy (non-hydrogen) atoms. The molecule has 0 heterocycles. The second-order valence-corrected chi connectivity index (χ2v) is 5.26. The first-order valence-electron chi connectivity index (χ1n) is 5.14. The fourth-order valence-corrected chi connectivity index (χ4v) is 2.36. The number of carbonyl (C=O) groups is 1. The van der Waals surface area contributed by atoms with Crippen LogP contribution in [-0.4, -0.2) is 22.7 Å². The molecule has 2 nitrogen and oxygen atoms in total. The van der Waals surface area contributed by atoms with Crippen LogP contribution >= 0.6 is 23.4 Å². The van der Waals surface area contributed by atoms with Gasteiger partial charge in [0.25, 0.3) is 0 Å². The lowest BCUT2D eigenvalue weighted by Crippen LogP contribution is -2.11. The van der Waals surface area contributed by atoms with E-state index in [4.69, 9.17) is 11.6 Å². The summed E-state index contributed by atoms with van der Waals surface area (Å²) in [6.45, 7) is 1.50. The van der Waals surface area contributed by atoms with Gasteiger partial charge in [0.05, 0.1) is 6.10 Å². The largest absolute Gasteiger partial charge is 0.393 e. The summed E-state index contributed by atoms with van der Waals surface area (Å²) >= 11 is 7.42. The van der Waals surface area contributed by atoms with E-state index in [1.165, 1.54) is 6.92 Å². The minimum Gasteiger partial charge on any atom is -0.393 e. The minimum absolute atomic E-state index is 0.0315. The van der Waals surface area contributed by atoms with E-state index in [1.807, 2.05) is 24.3 Å². The zero-order valence-electron chi connectivity index (χ0n) is 9.15. The van der Waals surface area contributed by atoms with E-state index in [0.29, 0.717) is 6.42 Å². The molecule has 0 spiro atoms. The average Bonchev–Trinajstić information content (AvgIpc) is 2.20. The summed E-state index contributed by atoms with van der Waals surface area (Å²) in [7, 11) is 0. The van der Waals surface area contributed by atoms with Gasteiger partial charge < -0.3 is 5.11 Å². The third kappa shape index (κ3) is 5.54. The number of aliphatic hydroxyl groups is 1. The van der Waals surface area contributed by atoms with Crippen LogP contribution in [0.1, 0.15) is 19.8 Å². The number of rotatable bonds is 6. The highest BCUT2D eigenvalue weighted by Gasteiger charge is 2.06. The van der Waals surface area contributed by atoms with Gasteiger partial charge in [0, 0.05) is 22.1 Å². The molecule has 88 valence electrons. The first kappa shape index (κ1) is 13.6. The second kappa shape index (κ2) is 6.94. The van der Waals surface area contributed by atoms with E-state index in [9.17, 15) is 9.90 Å². The summed E-state index contributed by atoms with van der Waals surface area (Å²) in [6.07, 6.45) is 0.367. The Balaban J connectivity index is 2.25. The number of hydrogen-bond acceptors (Lipinski definition) is 3. The van der Waals surface area contributed by atoms with Crippen molar-refractivity contribution in [3.8, 4) is 0 Å². The lowest BCUT2D eigenvalue weighted by atomic mass is 10.1. The van der Waals surface area contributed by atoms with Crippen molar-refractivity contribution < 1.29 is 9.90 Å². The molecule has 0 aliphatic carbocycles. The number of hydrogen-bond donors (Lipinski definition) is 1. The third-order valence-corrected chi connectivity index (χ3v) is 3.35. The van der Waals surface area contributed by atoms with Crippen LogP contribution in [0.25, 0.3) is 0 Å². The number of Topliss-reactive ketones (excluding diaryl/α,β-unsaturated/α-hetero) is 1. The SMILES string of the molecule is CC(=O)CC(O)CCSc1ccc(Cl)cc1. The number of halogens is 1. The molecule has 0 saturated carbocycles. The molecule has 0 saturated heterocycles. The summed E-state index contributed by atoms with van der Waals surface area (Å²) in [5, 5.41) is 10.2. The van der Waals surface area contributed by atoms with Crippen LogP contribution in [0.3, 0.4) is 0 Å². The number of ketones is 1. The van der Waals surface area contributed by atoms with Crippen molar-refractivity contribution in [3.05, 3.63) is 29.3 Å². The molecule has 0 aromatic heterocycles. The highest BCUT2D eigenvalue weighted by molar-refractivity contribution is 7.99. The first-order valence-corrected chi connectivity index (χ1v) is 6.50. The fourth-order valence-electron chi connectivity index (χ4n) is 1.28. The van der Waals surface area contributed by atoms with Crippen LogP contribution in [0.2, 0.25) is 5.02 Å². The molecule has 0 aliphatic rings. The average molecular weight is 259 g/mol. The Bertz CT molecular complexity index is 337. The van der Waals surface area contributed by atoms with Crippen molar-refractivity contribution in [1.29, 1.82) is 0 Å². The van der Waals surface area contributed by atoms with Crippen molar-refractivity contribution in [3.63, 3.8) is 0 Å². The van der Waals surface area contributed by atoms with E-state index >= 15 is 0 Å². The Labute approximate surface area is 105 Å². The third-order valence-electron chi connectivity index (χ3n) is 2.06. The summed E-state index contributed by atoms with van der Waals surface area (Å²) in [5.41, 5.74) is 0. The Morgan fingerprint density at radius 2 is 2.06 bits per heavy atom. The fraction of sp³-hybridized carbons (Fsp3) is 0.417. The summed E-state index contributed by atoms with van der Waals surface area (Å²) < 4.78 is 0. The minimum atomic E-state index is -0.516. The predicted molar refractivity (Wildman–Crippen MR) is 68.1 cm³/mol. The monoisotopic (exact) mass is 258 g/mol. The van der Waals surface area contributed by atoms with Gasteiger partial charge in [-0.2, -0.15) is 0 Å². The van der Waals surface area contributed by atoms with Crippen molar-refractivity contribution in [1.82, 2.24) is 0 Å². The van der Waals surface area contributed by atoms with Crippen LogP contribution in [0.4, 0.5) is 0 Å². The van der Waals surface area contributed by atoms with Crippen LogP contribution in [0.5, 0.6) is 0 Å². The van der Waals surface area contributed by atoms with Gasteiger partial charge in [-0.05, 0) is 37.6 Å². The van der Waals surface area contributed by atoms with Crippen molar-refractivity contribution in [2.45, 2.75) is 30.8 Å². The van der Waals surface area contributed by atoms with E-state index in [2.05, 4.69) is 0 Å². The molecule has 1 aromatic carbocycles. The van der Waals surface area contributed by atoms with Gasteiger partial charge in [0.15, 0.2) is 0 Å². The molecule has 0 amide bonds. The van der Waals surface area contributed by atoms with E-state index < -0.39 is 6.10 Å². The van der Waals surface area contributed by atoms with E-state index in [-0.39, 0.29) is 12.2 Å². The topological polar surface area (TPSA) is 37.3 Å². The number of carbonyl (C=O) groups excluding carboxylic acids is 1. The van der Waals surface area contributed by atoms with Crippen LogP contribution in [0.15, 0.2) is 29.2 Å². The number of benzene rings is 1. The maximum absolute atomic E-state index is 10.7. The quantitative estimate of drug-likeness (QED) is 0.797. The van der Waals surface area contributed by atoms with Gasteiger partial charge in [0.2, 0.25) is 0 Å². The Hall–Kier alpha value is -0.510. The summed E-state index contributed by atoms with van der Waals surface area (Å²) in [4.78, 5) is 11.9. The van der Waals surface area contributed by atoms with Crippen LogP contribution in [-0.2, 0) is 4.79 Å². The summed E-state index contributed by atoms with van der Waals surface area (Å²) in [6, 6.07) is 7.58. The second-order valence-electron chi connectivity index (χ2n) is 3.65. The van der Waals surface area contributed by atoms with Crippen molar-refractivity contribution in [2.75, 3.05) is 5.75 Å². The normalized spacial score (nSPS) is 12.4. The molecular formula is C12H15ClO2S. The van der Waals surface area contributed by atoms with Crippen LogP contribution in [0, 0.1) is 0 Å². The molecule has 1 N–H and O–H groups in total. The molecular weight excluding hydrogens is 244 g/mol. The maximum atomic E-state index is 10.7. The number of aliphatic hydroxyl groups excluding tert-OH is 1. The number of thioether (sulfide) groups is 1. The Morgan fingerprint density at radius 3 is 2.62 bits per heavy atom. The molecule has 0 aliphatic heterocycles. The van der Waals surface area contributed by atoms with Crippen LogP contribution < -0.4 is 0 Å². The summed E-state index contributed by atoms with van der Waals surface area (Å²) in [5.74, 6) is 0.833. The van der Waals surface area contributed by atoms with Gasteiger partial charge >= 0.3 is 0 Å². The predicted octanol–water partition coefficient (Wildman–Crippen LogP) is 3.16. The maximum Gasteiger partial charge on any atom is 0.132 e. The van der Waals surface area contributed by atoms with E-state index in [0.717, 1.165) is 15.7 Å². The molecule has 1 unspecified atom stereocenters. The molecule has 0 fully saturated rings. The molecule has 1 rings (SSSR count). The first-order chi connectivity index (χ1) is 7.58. The lowest BCUT2D eigenvalue weighted by Gasteiger charge is -2.07. The Morgan fingerprint density at radius 1 is 1.44 bits per heavy atom. The lowest BCUT2D eigenvalue weighted by molar-refractivity contribution is -0.118. The van der Waals surface area contributed by atoms with Gasteiger partial charge in [-0.3, -0.25) is 4.79 Å². The highest BCUT2D eigenvalue weighted by Crippen LogP contribution is 2.21. The smallest absolute Gasteiger partial charge is 0.132 e. The molecule has 1 atom stereocenters. The molecule has 0 bridgehead atoms. The molecule has 4 heteroatoms. The standard InChI is InChI=1S/C12H15ClO2S/c1-9(14)8-11(15)6-7-16-12-4-2-10(13)3-5-12/h2-5,11,15H,6-8H2,1H3. The van der Waals surface area contributed by atoms with Gasteiger partial charge in [-0.25, -0.2) is 0 Å². The van der Waals surface area contributed by atoms with Gasteiger partial charge in [0.1, 0.15) is 5.78 Å². The Kier molecular flexibility index (Phi) is 5.88. The molecule has 1 aromatic rings. The highest BCUT2D eigenvalue weighted by atomic mass is 35.5. The van der Waals surface area contributed by atoms with Crippen molar-refractivity contribution >= 4 is 29.1 Å². The zero-order chi connectivity index (χ0) is 12.0.